The highest BCUT2D eigenvalue weighted by molar-refractivity contribution is 7.89. The van der Waals surface area contributed by atoms with Crippen LogP contribution in [-0.4, -0.2) is 18.7 Å². The second-order valence-electron chi connectivity index (χ2n) is 7.52. The molecule has 3 aromatic carbocycles. The summed E-state index contributed by atoms with van der Waals surface area (Å²) in [6, 6.07) is 21.4. The summed E-state index contributed by atoms with van der Waals surface area (Å²) < 4.78 is 33.3. The Balaban J connectivity index is 1.33. The number of nitrogens with one attached hydrogen (secondary N) is 2. The van der Waals surface area contributed by atoms with E-state index in [1.165, 1.54) is 11.5 Å². The van der Waals surface area contributed by atoms with Gasteiger partial charge in [0.25, 0.3) is 0 Å². The normalized spacial score (nSPS) is 12.5. The minimum atomic E-state index is -3.64. The molecule has 0 radical (unpaired) electrons. The highest BCUT2D eigenvalue weighted by atomic mass is 32.2. The Hall–Kier alpha value is -3.07. The molecule has 0 saturated heterocycles. The number of nitrogens with zero attached hydrogens (tertiary/aromatic N) is 1. The lowest BCUT2D eigenvalue weighted by Crippen LogP contribution is -2.26. The average Bonchev–Trinajstić information content (AvgIpc) is 3.26. The number of hydrogen-bond donors (Lipinski definition) is 2. The highest BCUT2D eigenvalue weighted by Crippen LogP contribution is 2.22. The molecule has 0 spiro atoms. The second kappa shape index (κ2) is 9.60. The number of aryl methyl sites for hydroxylation is 1. The number of anilines is 1. The van der Waals surface area contributed by atoms with Crippen molar-refractivity contribution in [1.29, 1.82) is 0 Å². The number of benzene rings is 3. The van der Waals surface area contributed by atoms with E-state index in [1.807, 2.05) is 55.5 Å². The molecule has 0 aliphatic heterocycles. The van der Waals surface area contributed by atoms with Gasteiger partial charge in [-0.15, -0.1) is 0 Å². The van der Waals surface area contributed by atoms with Gasteiger partial charge >= 0.3 is 0 Å². The third kappa shape index (κ3) is 5.40. The summed E-state index contributed by atoms with van der Waals surface area (Å²) in [5, 5.41) is 3.90. The van der Waals surface area contributed by atoms with Crippen LogP contribution in [0.15, 0.2) is 83.9 Å². The lowest BCUT2D eigenvalue weighted by molar-refractivity contribution is -0.116. The van der Waals surface area contributed by atoms with E-state index in [0.717, 1.165) is 26.9 Å². The maximum absolute atomic E-state index is 12.7. The predicted octanol–water partition coefficient (Wildman–Crippen LogP) is 4.91. The Morgan fingerprint density at radius 1 is 1.03 bits per heavy atom. The Kier molecular flexibility index (Phi) is 6.64. The van der Waals surface area contributed by atoms with Gasteiger partial charge in [-0.05, 0) is 66.3 Å². The zero-order valence-electron chi connectivity index (χ0n) is 17.5. The van der Waals surface area contributed by atoms with Gasteiger partial charge in [0.05, 0.1) is 9.60 Å². The molecule has 0 aliphatic rings. The molecule has 6 nitrogen and oxygen atoms in total. The van der Waals surface area contributed by atoms with Gasteiger partial charge in [-0.1, -0.05) is 42.5 Å². The Labute approximate surface area is 191 Å². The van der Waals surface area contributed by atoms with Crippen molar-refractivity contribution in [3.8, 4) is 0 Å². The number of carbonyl (C=O) groups is 1. The first-order chi connectivity index (χ1) is 15.4. The van der Waals surface area contributed by atoms with E-state index in [-0.39, 0.29) is 16.8 Å². The van der Waals surface area contributed by atoms with Crippen LogP contribution in [0.1, 0.15) is 30.5 Å². The van der Waals surface area contributed by atoms with Crippen LogP contribution in [0.25, 0.3) is 10.1 Å². The van der Waals surface area contributed by atoms with Crippen LogP contribution in [0.3, 0.4) is 0 Å². The number of fused-ring (bicyclic) bond motifs is 1. The number of carbonyl (C=O) groups excluding carboxylic acids is 1. The van der Waals surface area contributed by atoms with Gasteiger partial charge < -0.3 is 5.32 Å². The van der Waals surface area contributed by atoms with Crippen molar-refractivity contribution >= 4 is 43.2 Å². The first kappa shape index (κ1) is 22.1. The smallest absolute Gasteiger partial charge is 0.241 e. The maximum Gasteiger partial charge on any atom is 0.241 e. The van der Waals surface area contributed by atoms with Crippen molar-refractivity contribution in [2.24, 2.45) is 0 Å². The van der Waals surface area contributed by atoms with Crippen molar-refractivity contribution in [3.63, 3.8) is 0 Å². The topological polar surface area (TPSA) is 88.2 Å². The molecule has 1 heterocycles. The van der Waals surface area contributed by atoms with Gasteiger partial charge in [0.2, 0.25) is 15.9 Å². The average molecular weight is 466 g/mol. The molecule has 1 amide bonds. The van der Waals surface area contributed by atoms with Crippen molar-refractivity contribution in [1.82, 2.24) is 9.10 Å². The van der Waals surface area contributed by atoms with Crippen LogP contribution in [0.5, 0.6) is 0 Å². The summed E-state index contributed by atoms with van der Waals surface area (Å²) in [7, 11) is -3.64. The van der Waals surface area contributed by atoms with Crippen molar-refractivity contribution < 1.29 is 13.2 Å². The largest absolute Gasteiger partial charge is 0.326 e. The Morgan fingerprint density at radius 2 is 1.78 bits per heavy atom. The van der Waals surface area contributed by atoms with Crippen LogP contribution in [0.2, 0.25) is 0 Å². The zero-order chi connectivity index (χ0) is 22.6. The maximum atomic E-state index is 12.7. The Morgan fingerprint density at radius 3 is 2.53 bits per heavy atom. The molecule has 32 heavy (non-hydrogen) atoms. The van der Waals surface area contributed by atoms with Gasteiger partial charge in [0.1, 0.15) is 0 Å². The molecule has 0 bridgehead atoms. The molecule has 4 aromatic rings. The summed E-state index contributed by atoms with van der Waals surface area (Å²) in [5.41, 5.74) is 2.53. The number of aromatic nitrogens is 1. The molecule has 0 fully saturated rings. The first-order valence-corrected chi connectivity index (χ1v) is 12.5. The van der Waals surface area contributed by atoms with Crippen LogP contribution < -0.4 is 10.0 Å². The highest BCUT2D eigenvalue weighted by Gasteiger charge is 2.18. The lowest BCUT2D eigenvalue weighted by atomic mass is 10.1. The number of sulfonamides is 1. The molecule has 0 unspecified atom stereocenters. The number of rotatable bonds is 8. The lowest BCUT2D eigenvalue weighted by Gasteiger charge is -2.15. The van der Waals surface area contributed by atoms with E-state index in [9.17, 15) is 13.2 Å². The third-order valence-electron chi connectivity index (χ3n) is 5.14. The second-order valence-corrected chi connectivity index (χ2v) is 10.1. The SMILES string of the molecule is C[C@@H](NS(=O)(=O)c1ccc(CCC(=O)Nc2ccc3sncc3c2)cc1)c1ccccc1. The fourth-order valence-corrected chi connectivity index (χ4v) is 5.24. The molecule has 4 rings (SSSR count). The first-order valence-electron chi connectivity index (χ1n) is 10.2. The van der Waals surface area contributed by atoms with E-state index in [2.05, 4.69) is 14.4 Å². The van der Waals surface area contributed by atoms with Gasteiger partial charge in [-0.3, -0.25) is 4.79 Å². The van der Waals surface area contributed by atoms with E-state index in [0.29, 0.717) is 12.8 Å². The van der Waals surface area contributed by atoms with Crippen LogP contribution in [0.4, 0.5) is 5.69 Å². The zero-order valence-corrected chi connectivity index (χ0v) is 19.1. The minimum absolute atomic E-state index is 0.0948. The molecular weight excluding hydrogens is 442 g/mol. The third-order valence-corrected chi connectivity index (χ3v) is 7.48. The molecule has 2 N–H and O–H groups in total. The van der Waals surface area contributed by atoms with Gasteiger partial charge in [-0.25, -0.2) is 13.1 Å². The van der Waals surface area contributed by atoms with E-state index in [1.54, 1.807) is 30.5 Å². The number of hydrogen-bond acceptors (Lipinski definition) is 5. The standard InChI is InChI=1S/C24H23N3O3S2/c1-17(19-5-3-2-4-6-19)27-32(29,30)22-11-7-18(8-12-22)9-14-24(28)26-21-10-13-23-20(15-21)16-25-31-23/h2-8,10-13,15-17,27H,9,14H2,1H3,(H,26,28)/t17-/m1/s1. The van der Waals surface area contributed by atoms with E-state index < -0.39 is 10.0 Å². The summed E-state index contributed by atoms with van der Waals surface area (Å²) in [6.45, 7) is 1.81. The van der Waals surface area contributed by atoms with Crippen LogP contribution in [0, 0.1) is 0 Å². The van der Waals surface area contributed by atoms with Crippen molar-refractivity contribution in [2.45, 2.75) is 30.7 Å². The molecule has 164 valence electrons. The summed E-state index contributed by atoms with van der Waals surface area (Å²) in [4.78, 5) is 12.5. The van der Waals surface area contributed by atoms with Gasteiger partial charge in [0, 0.05) is 29.7 Å². The minimum Gasteiger partial charge on any atom is -0.326 e. The number of amides is 1. The quantitative estimate of drug-likeness (QED) is 0.387. The fraction of sp³-hybridized carbons (Fsp3) is 0.167. The van der Waals surface area contributed by atoms with E-state index in [4.69, 9.17) is 0 Å². The monoisotopic (exact) mass is 465 g/mol. The summed E-state index contributed by atoms with van der Waals surface area (Å²) >= 11 is 1.42. The van der Waals surface area contributed by atoms with Gasteiger partial charge in [-0.2, -0.15) is 4.37 Å². The predicted molar refractivity (Wildman–Crippen MR) is 128 cm³/mol. The molecule has 0 aliphatic carbocycles. The van der Waals surface area contributed by atoms with E-state index >= 15 is 0 Å². The van der Waals surface area contributed by atoms with Crippen molar-refractivity contribution in [3.05, 3.63) is 90.1 Å². The molecular formula is C24H23N3O3S2. The van der Waals surface area contributed by atoms with Crippen LogP contribution >= 0.6 is 11.5 Å². The van der Waals surface area contributed by atoms with Crippen LogP contribution in [-0.2, 0) is 21.2 Å². The fourth-order valence-electron chi connectivity index (χ4n) is 3.38. The molecule has 0 saturated carbocycles. The van der Waals surface area contributed by atoms with Gasteiger partial charge in [0.15, 0.2) is 0 Å². The Bertz CT molecular complexity index is 1320. The molecule has 8 heteroatoms. The molecule has 1 atom stereocenters. The summed E-state index contributed by atoms with van der Waals surface area (Å²) in [5.74, 6) is -0.0948. The van der Waals surface area contributed by atoms with Crippen molar-refractivity contribution in [2.75, 3.05) is 5.32 Å². The molecule has 1 aromatic heterocycles. The summed E-state index contributed by atoms with van der Waals surface area (Å²) in [6.07, 6.45) is 2.60.